The summed E-state index contributed by atoms with van der Waals surface area (Å²) in [5.74, 6) is 0.831. The molecule has 1 atom stereocenters. The normalized spacial score (nSPS) is 13.3. The van der Waals surface area contributed by atoms with Crippen LogP contribution >= 0.6 is 0 Å². The number of aryl methyl sites for hydroxylation is 2. The Labute approximate surface area is 128 Å². The third-order valence-electron chi connectivity index (χ3n) is 3.59. The molecule has 0 radical (unpaired) electrons. The molecule has 2 N–H and O–H groups in total. The lowest BCUT2D eigenvalue weighted by Gasteiger charge is -2.18. The first-order chi connectivity index (χ1) is 9.99. The number of aliphatic imine (C=N–C) groups is 1. The lowest BCUT2D eigenvalue weighted by molar-refractivity contribution is 0.195. The molecular formula is C15H29N5O. The molecule has 21 heavy (non-hydrogen) atoms. The van der Waals surface area contributed by atoms with Crippen molar-refractivity contribution in [3.8, 4) is 0 Å². The summed E-state index contributed by atoms with van der Waals surface area (Å²) in [6.45, 7) is 7.94. The Balaban J connectivity index is 2.49. The summed E-state index contributed by atoms with van der Waals surface area (Å²) in [6.07, 6.45) is 1.90. The van der Waals surface area contributed by atoms with E-state index in [2.05, 4.69) is 41.5 Å². The number of aromatic nitrogens is 2. The standard InChI is InChI=1S/C15H29N5O/c1-11(10-14-12(2)19-20(5)13(14)3)18-15(16-4)17-8-7-9-21-6/h11H,7-10H2,1-6H3,(H2,16,17,18). The molecule has 6 nitrogen and oxygen atoms in total. The molecule has 1 unspecified atom stereocenters. The largest absolute Gasteiger partial charge is 0.385 e. The Morgan fingerprint density at radius 2 is 2.14 bits per heavy atom. The molecule has 0 spiro atoms. The highest BCUT2D eigenvalue weighted by Crippen LogP contribution is 2.13. The van der Waals surface area contributed by atoms with E-state index < -0.39 is 0 Å². The lowest BCUT2D eigenvalue weighted by atomic mass is 10.1. The van der Waals surface area contributed by atoms with E-state index in [1.165, 1.54) is 11.3 Å². The first kappa shape index (κ1) is 17.5. The van der Waals surface area contributed by atoms with Crippen LogP contribution in [0.5, 0.6) is 0 Å². The minimum absolute atomic E-state index is 0.292. The van der Waals surface area contributed by atoms with Gasteiger partial charge in [0, 0.05) is 46.1 Å². The summed E-state index contributed by atoms with van der Waals surface area (Å²) < 4.78 is 6.98. The van der Waals surface area contributed by atoms with E-state index in [0.717, 1.165) is 37.6 Å². The van der Waals surface area contributed by atoms with Crippen molar-refractivity contribution in [1.82, 2.24) is 20.4 Å². The van der Waals surface area contributed by atoms with Gasteiger partial charge < -0.3 is 15.4 Å². The summed E-state index contributed by atoms with van der Waals surface area (Å²) in [5, 5.41) is 11.2. The fraction of sp³-hybridized carbons (Fsp3) is 0.733. The zero-order valence-electron chi connectivity index (χ0n) is 14.2. The Morgan fingerprint density at radius 3 is 2.67 bits per heavy atom. The second-order valence-electron chi connectivity index (χ2n) is 5.37. The van der Waals surface area contributed by atoms with Gasteiger partial charge in [-0.05, 0) is 39.2 Å². The van der Waals surface area contributed by atoms with Crippen LogP contribution in [0.25, 0.3) is 0 Å². The topological polar surface area (TPSA) is 63.5 Å². The molecule has 1 heterocycles. The van der Waals surface area contributed by atoms with Gasteiger partial charge in [-0.2, -0.15) is 5.10 Å². The van der Waals surface area contributed by atoms with Crippen LogP contribution < -0.4 is 10.6 Å². The third kappa shape index (κ3) is 5.38. The molecule has 120 valence electrons. The van der Waals surface area contributed by atoms with E-state index in [0.29, 0.717) is 6.04 Å². The van der Waals surface area contributed by atoms with Crippen molar-refractivity contribution in [2.24, 2.45) is 12.0 Å². The van der Waals surface area contributed by atoms with Crippen molar-refractivity contribution in [3.63, 3.8) is 0 Å². The zero-order valence-corrected chi connectivity index (χ0v) is 14.2. The van der Waals surface area contributed by atoms with Gasteiger partial charge in [0.15, 0.2) is 5.96 Å². The van der Waals surface area contributed by atoms with E-state index in [1.54, 1.807) is 14.2 Å². The summed E-state index contributed by atoms with van der Waals surface area (Å²) in [4.78, 5) is 4.25. The Bertz CT molecular complexity index is 467. The fourth-order valence-electron chi connectivity index (χ4n) is 2.32. The number of nitrogens with zero attached hydrogens (tertiary/aromatic N) is 3. The summed E-state index contributed by atoms with van der Waals surface area (Å²) in [7, 11) is 5.49. The van der Waals surface area contributed by atoms with Crippen molar-refractivity contribution in [2.75, 3.05) is 27.3 Å². The SMILES string of the molecule is CN=C(NCCCOC)NC(C)Cc1c(C)nn(C)c1C. The number of hydrogen-bond donors (Lipinski definition) is 2. The molecule has 0 saturated carbocycles. The van der Waals surface area contributed by atoms with Crippen LogP contribution in [0.2, 0.25) is 0 Å². The molecule has 6 heteroatoms. The highest BCUT2D eigenvalue weighted by molar-refractivity contribution is 5.79. The predicted molar refractivity (Wildman–Crippen MR) is 86.8 cm³/mol. The summed E-state index contributed by atoms with van der Waals surface area (Å²) in [6, 6.07) is 0.292. The number of methoxy groups -OCH3 is 1. The molecule has 0 aliphatic heterocycles. The molecule has 1 rings (SSSR count). The lowest BCUT2D eigenvalue weighted by Crippen LogP contribution is -2.43. The molecule has 0 aliphatic carbocycles. The Morgan fingerprint density at radius 1 is 1.43 bits per heavy atom. The first-order valence-corrected chi connectivity index (χ1v) is 7.44. The molecular weight excluding hydrogens is 266 g/mol. The van der Waals surface area contributed by atoms with Crippen LogP contribution in [-0.4, -0.2) is 49.1 Å². The van der Waals surface area contributed by atoms with Gasteiger partial charge in [-0.1, -0.05) is 0 Å². The van der Waals surface area contributed by atoms with Gasteiger partial charge in [-0.15, -0.1) is 0 Å². The molecule has 0 aliphatic rings. The van der Waals surface area contributed by atoms with Crippen LogP contribution in [0.3, 0.4) is 0 Å². The average molecular weight is 295 g/mol. The van der Waals surface area contributed by atoms with Crippen molar-refractivity contribution in [2.45, 2.75) is 39.7 Å². The van der Waals surface area contributed by atoms with Crippen LogP contribution in [0, 0.1) is 13.8 Å². The minimum atomic E-state index is 0.292. The second kappa shape index (κ2) is 8.67. The van der Waals surface area contributed by atoms with Gasteiger partial charge in [0.2, 0.25) is 0 Å². The first-order valence-electron chi connectivity index (χ1n) is 7.44. The number of hydrogen-bond acceptors (Lipinski definition) is 3. The quantitative estimate of drug-likeness (QED) is 0.450. The van der Waals surface area contributed by atoms with Gasteiger partial charge >= 0.3 is 0 Å². The molecule has 1 aromatic rings. The number of ether oxygens (including phenoxy) is 1. The predicted octanol–water partition coefficient (Wildman–Crippen LogP) is 1.17. The van der Waals surface area contributed by atoms with Gasteiger partial charge in [0.1, 0.15) is 0 Å². The third-order valence-corrected chi connectivity index (χ3v) is 3.59. The van der Waals surface area contributed by atoms with Crippen LogP contribution in [0.15, 0.2) is 4.99 Å². The molecule has 1 aromatic heterocycles. The van der Waals surface area contributed by atoms with Crippen molar-refractivity contribution in [3.05, 3.63) is 17.0 Å². The maximum Gasteiger partial charge on any atom is 0.191 e. The maximum atomic E-state index is 5.04. The Kier molecular flexibility index (Phi) is 7.22. The van der Waals surface area contributed by atoms with Gasteiger partial charge in [0.05, 0.1) is 5.69 Å². The smallest absolute Gasteiger partial charge is 0.191 e. The number of rotatable bonds is 7. The van der Waals surface area contributed by atoms with E-state index >= 15 is 0 Å². The maximum absolute atomic E-state index is 5.04. The van der Waals surface area contributed by atoms with Gasteiger partial charge in [-0.3, -0.25) is 9.67 Å². The second-order valence-corrected chi connectivity index (χ2v) is 5.37. The summed E-state index contributed by atoms with van der Waals surface area (Å²) >= 11 is 0. The molecule has 0 bridgehead atoms. The molecule has 0 saturated heterocycles. The van der Waals surface area contributed by atoms with Gasteiger partial charge in [0.25, 0.3) is 0 Å². The Hall–Kier alpha value is -1.56. The highest BCUT2D eigenvalue weighted by atomic mass is 16.5. The molecule has 0 fully saturated rings. The van der Waals surface area contributed by atoms with Gasteiger partial charge in [-0.25, -0.2) is 0 Å². The fourth-order valence-corrected chi connectivity index (χ4v) is 2.32. The van der Waals surface area contributed by atoms with E-state index in [4.69, 9.17) is 4.74 Å². The van der Waals surface area contributed by atoms with E-state index in [1.807, 2.05) is 11.7 Å². The zero-order chi connectivity index (χ0) is 15.8. The molecule has 0 amide bonds. The molecule has 0 aromatic carbocycles. The van der Waals surface area contributed by atoms with E-state index in [9.17, 15) is 0 Å². The highest BCUT2D eigenvalue weighted by Gasteiger charge is 2.13. The van der Waals surface area contributed by atoms with Crippen LogP contribution in [0.1, 0.15) is 30.3 Å². The minimum Gasteiger partial charge on any atom is -0.385 e. The van der Waals surface area contributed by atoms with Crippen molar-refractivity contribution < 1.29 is 4.74 Å². The van der Waals surface area contributed by atoms with Crippen LogP contribution in [-0.2, 0) is 18.2 Å². The van der Waals surface area contributed by atoms with Crippen molar-refractivity contribution >= 4 is 5.96 Å². The van der Waals surface area contributed by atoms with Crippen LogP contribution in [0.4, 0.5) is 0 Å². The average Bonchev–Trinajstić information content (AvgIpc) is 2.68. The number of nitrogens with one attached hydrogen (secondary N) is 2. The summed E-state index contributed by atoms with van der Waals surface area (Å²) in [5.41, 5.74) is 3.64. The van der Waals surface area contributed by atoms with Crippen molar-refractivity contribution in [1.29, 1.82) is 0 Å². The van der Waals surface area contributed by atoms with E-state index in [-0.39, 0.29) is 0 Å². The number of guanidine groups is 1. The monoisotopic (exact) mass is 295 g/mol.